The number of carbonyl (C=O) groups is 2. The maximum atomic E-state index is 14.5. The van der Waals surface area contributed by atoms with Crippen LogP contribution in [-0.2, 0) is 17.5 Å². The van der Waals surface area contributed by atoms with Crippen LogP contribution < -0.4 is 0 Å². The minimum absolute atomic E-state index is 0.00638. The first-order valence-electron chi connectivity index (χ1n) is 11.5. The highest BCUT2D eigenvalue weighted by Crippen LogP contribution is 2.37. The zero-order chi connectivity index (χ0) is 26.5. The lowest BCUT2D eigenvalue weighted by molar-refractivity contribution is -0.138. The summed E-state index contributed by atoms with van der Waals surface area (Å²) in [5.41, 5.74) is 0.410. The van der Waals surface area contributed by atoms with Gasteiger partial charge in [0.05, 0.1) is 34.8 Å². The summed E-state index contributed by atoms with van der Waals surface area (Å²) in [5.74, 6) is -0.529. The number of imide groups is 1. The van der Waals surface area contributed by atoms with Gasteiger partial charge in [0, 0.05) is 23.5 Å². The largest absolute Gasteiger partial charge is 0.416 e. The summed E-state index contributed by atoms with van der Waals surface area (Å²) in [6, 6.07) is 7.92. The summed E-state index contributed by atoms with van der Waals surface area (Å²) in [6.07, 6.45) is -2.78. The summed E-state index contributed by atoms with van der Waals surface area (Å²) in [5, 5.41) is 4.38. The molecule has 1 aromatic heterocycles. The van der Waals surface area contributed by atoms with Gasteiger partial charge in [0.25, 0.3) is 11.1 Å². The number of rotatable bonds is 5. The molecule has 37 heavy (non-hydrogen) atoms. The summed E-state index contributed by atoms with van der Waals surface area (Å²) in [7, 11) is 0. The monoisotopic (exact) mass is 552 g/mol. The van der Waals surface area contributed by atoms with Crippen molar-refractivity contribution < 1.29 is 27.2 Å². The lowest BCUT2D eigenvalue weighted by Gasteiger charge is -2.22. The molecule has 0 radical (unpaired) electrons. The molecule has 0 aliphatic carbocycles. The number of aromatic nitrogens is 2. The Kier molecular flexibility index (Phi) is 6.80. The molecule has 194 valence electrons. The van der Waals surface area contributed by atoms with Gasteiger partial charge in [-0.2, -0.15) is 18.3 Å². The predicted octanol–water partition coefficient (Wildman–Crippen LogP) is 5.84. The number of fused-ring (bicyclic) bond motifs is 1. The zero-order valence-corrected chi connectivity index (χ0v) is 21.1. The number of alkyl halides is 4. The number of thioether (sulfide) groups is 1. The van der Waals surface area contributed by atoms with E-state index in [0.717, 1.165) is 22.7 Å². The van der Waals surface area contributed by atoms with E-state index in [1.165, 1.54) is 23.0 Å². The summed E-state index contributed by atoms with van der Waals surface area (Å²) in [4.78, 5) is 28.6. The first-order valence-corrected chi connectivity index (χ1v) is 12.7. The fraction of sp³-hybridized carbons (Fsp3) is 0.320. The van der Waals surface area contributed by atoms with E-state index in [-0.39, 0.29) is 28.6 Å². The Hall–Kier alpha value is -2.89. The molecule has 0 bridgehead atoms. The van der Waals surface area contributed by atoms with Crippen molar-refractivity contribution in [3.63, 3.8) is 0 Å². The molecule has 0 spiro atoms. The Morgan fingerprint density at radius 1 is 1.16 bits per heavy atom. The summed E-state index contributed by atoms with van der Waals surface area (Å²) < 4.78 is 56.4. The molecule has 3 heterocycles. The molecule has 3 aromatic rings. The third-order valence-corrected chi connectivity index (χ3v) is 7.68. The van der Waals surface area contributed by atoms with Crippen molar-refractivity contribution in [2.75, 3.05) is 19.6 Å². The van der Waals surface area contributed by atoms with Gasteiger partial charge in [0.2, 0.25) is 0 Å². The Bertz CT molecular complexity index is 1420. The van der Waals surface area contributed by atoms with Crippen molar-refractivity contribution in [3.05, 3.63) is 69.2 Å². The molecule has 2 saturated heterocycles. The highest BCUT2D eigenvalue weighted by Gasteiger charge is 2.46. The van der Waals surface area contributed by atoms with Crippen molar-refractivity contribution >= 4 is 51.5 Å². The first kappa shape index (κ1) is 25.7. The van der Waals surface area contributed by atoms with Crippen LogP contribution >= 0.6 is 23.4 Å². The zero-order valence-electron chi connectivity index (χ0n) is 19.5. The topological polar surface area (TPSA) is 58.4 Å². The number of benzene rings is 2. The average Bonchev–Trinajstić information content (AvgIpc) is 3.49. The fourth-order valence-corrected chi connectivity index (χ4v) is 5.73. The van der Waals surface area contributed by atoms with E-state index in [4.69, 9.17) is 11.6 Å². The van der Waals surface area contributed by atoms with Crippen LogP contribution in [0.2, 0.25) is 5.02 Å². The van der Waals surface area contributed by atoms with Gasteiger partial charge in [-0.1, -0.05) is 30.7 Å². The third kappa shape index (κ3) is 4.99. The highest BCUT2D eigenvalue weighted by molar-refractivity contribution is 8.18. The van der Waals surface area contributed by atoms with Gasteiger partial charge >= 0.3 is 6.18 Å². The smallest absolute Gasteiger partial charge is 0.298 e. The standard InChI is InChI=1S/C25H21ClF4N4O2S/c1-2-32-12-19(27)21(13-32)34-23(35)22(37-24(34)36)8-14-3-6-20-16(7-14)10-31-33(20)11-15-4-5-17(26)9-18(15)25(28,29)30/h3-10,19,21H,2,11-13H2,1H3/t19-,21+/m1/s1. The Balaban J connectivity index is 1.39. The maximum Gasteiger partial charge on any atom is 0.416 e. The normalized spacial score (nSPS) is 22.2. The van der Waals surface area contributed by atoms with Gasteiger partial charge in [-0.15, -0.1) is 0 Å². The van der Waals surface area contributed by atoms with Crippen LogP contribution in [-0.4, -0.2) is 62.6 Å². The number of nitrogens with zero attached hydrogens (tertiary/aromatic N) is 4. The van der Waals surface area contributed by atoms with Gasteiger partial charge < -0.3 is 0 Å². The van der Waals surface area contributed by atoms with Crippen LogP contribution in [0.15, 0.2) is 47.5 Å². The summed E-state index contributed by atoms with van der Waals surface area (Å²) >= 11 is 6.54. The minimum atomic E-state index is -4.56. The molecule has 0 N–H and O–H groups in total. The van der Waals surface area contributed by atoms with Crippen molar-refractivity contribution in [1.29, 1.82) is 0 Å². The molecule has 0 saturated carbocycles. The molecule has 2 amide bonds. The Morgan fingerprint density at radius 3 is 2.65 bits per heavy atom. The molecule has 12 heteroatoms. The second-order valence-corrected chi connectivity index (χ2v) is 10.3. The van der Waals surface area contributed by atoms with Crippen LogP contribution in [0, 0.1) is 0 Å². The molecule has 2 atom stereocenters. The molecule has 2 aromatic carbocycles. The van der Waals surface area contributed by atoms with E-state index in [1.807, 2.05) is 11.8 Å². The molecule has 2 fully saturated rings. The van der Waals surface area contributed by atoms with Crippen LogP contribution in [0.4, 0.5) is 22.4 Å². The second kappa shape index (κ2) is 9.77. The van der Waals surface area contributed by atoms with E-state index < -0.39 is 35.1 Å². The Labute approximate surface area is 218 Å². The molecule has 2 aliphatic rings. The van der Waals surface area contributed by atoms with Crippen LogP contribution in [0.1, 0.15) is 23.6 Å². The molecular weight excluding hydrogens is 532 g/mol. The van der Waals surface area contributed by atoms with Crippen LogP contribution in [0.3, 0.4) is 0 Å². The molecule has 6 nitrogen and oxygen atoms in total. The van der Waals surface area contributed by atoms with Crippen molar-refractivity contribution in [2.45, 2.75) is 31.9 Å². The van der Waals surface area contributed by atoms with Gasteiger partial charge in [-0.05, 0) is 59.8 Å². The molecular formula is C25H21ClF4N4O2S. The van der Waals surface area contributed by atoms with Gasteiger partial charge in [0.15, 0.2) is 0 Å². The van der Waals surface area contributed by atoms with Gasteiger partial charge in [0.1, 0.15) is 6.17 Å². The number of halogens is 5. The molecule has 0 unspecified atom stereocenters. The van der Waals surface area contributed by atoms with Gasteiger partial charge in [-0.25, -0.2) is 4.39 Å². The van der Waals surface area contributed by atoms with Crippen LogP contribution in [0.25, 0.3) is 17.0 Å². The van der Waals surface area contributed by atoms with Crippen molar-refractivity contribution in [3.8, 4) is 0 Å². The number of hydrogen-bond donors (Lipinski definition) is 0. The quantitative estimate of drug-likeness (QED) is 0.294. The Morgan fingerprint density at radius 2 is 1.95 bits per heavy atom. The van der Waals surface area contributed by atoms with Crippen LogP contribution in [0.5, 0.6) is 0 Å². The highest BCUT2D eigenvalue weighted by atomic mass is 35.5. The molecule has 5 rings (SSSR count). The van der Waals surface area contributed by atoms with E-state index in [2.05, 4.69) is 5.10 Å². The third-order valence-electron chi connectivity index (χ3n) is 6.56. The number of hydrogen-bond acceptors (Lipinski definition) is 5. The first-order chi connectivity index (χ1) is 17.5. The molecule has 2 aliphatic heterocycles. The average molecular weight is 553 g/mol. The second-order valence-electron chi connectivity index (χ2n) is 8.91. The number of likely N-dealkylation sites (N-methyl/N-ethyl adjacent to an activating group) is 1. The van der Waals surface area contributed by atoms with E-state index in [9.17, 15) is 27.2 Å². The lowest BCUT2D eigenvalue weighted by atomic mass is 10.1. The van der Waals surface area contributed by atoms with Gasteiger partial charge in [-0.3, -0.25) is 24.1 Å². The van der Waals surface area contributed by atoms with E-state index >= 15 is 0 Å². The fourth-order valence-electron chi connectivity index (χ4n) is 4.67. The lowest BCUT2D eigenvalue weighted by Crippen LogP contribution is -2.44. The van der Waals surface area contributed by atoms with Crippen molar-refractivity contribution in [2.24, 2.45) is 0 Å². The maximum absolute atomic E-state index is 14.5. The number of amides is 2. The van der Waals surface area contributed by atoms with Crippen molar-refractivity contribution in [1.82, 2.24) is 19.6 Å². The number of likely N-dealkylation sites (tertiary alicyclic amines) is 1. The van der Waals surface area contributed by atoms with E-state index in [0.29, 0.717) is 29.6 Å². The predicted molar refractivity (Wildman–Crippen MR) is 134 cm³/mol. The van der Waals surface area contributed by atoms with E-state index in [1.54, 1.807) is 24.3 Å². The summed E-state index contributed by atoms with van der Waals surface area (Å²) in [6.45, 7) is 2.90. The SMILES string of the molecule is CCN1C[C@@H](F)[C@@H](N2C(=O)SC(=Cc3ccc4c(cnn4Cc4ccc(Cl)cc4C(F)(F)F)c3)C2=O)C1. The number of carbonyl (C=O) groups excluding carboxylic acids is 2. The minimum Gasteiger partial charge on any atom is -0.298 e.